The largest absolute Gasteiger partial charge is 0.588 e. The molecule has 4 aromatic rings. The lowest BCUT2D eigenvalue weighted by molar-refractivity contribution is 0.312. The minimum atomic E-state index is -1.58. The summed E-state index contributed by atoms with van der Waals surface area (Å²) >= 11 is -1.58. The lowest BCUT2D eigenvalue weighted by Gasteiger charge is -2.34. The third-order valence-corrected chi connectivity index (χ3v) is 7.86. The van der Waals surface area contributed by atoms with Gasteiger partial charge in [0.1, 0.15) is 23.3 Å². The van der Waals surface area contributed by atoms with Crippen LogP contribution < -0.4 is 14.4 Å². The Kier molecular flexibility index (Phi) is 8.35. The number of likely N-dealkylation sites (N-methyl/N-ethyl adjacent to an activating group) is 1. The van der Waals surface area contributed by atoms with Crippen LogP contribution in [0.5, 0.6) is 11.6 Å². The molecule has 1 fully saturated rings. The van der Waals surface area contributed by atoms with Gasteiger partial charge in [-0.3, -0.25) is 4.68 Å². The van der Waals surface area contributed by atoms with Crippen molar-refractivity contribution in [1.82, 2.24) is 24.6 Å². The smallest absolute Gasteiger partial charge is 0.269 e. The van der Waals surface area contributed by atoms with E-state index in [1.807, 2.05) is 24.3 Å². The van der Waals surface area contributed by atoms with Crippen LogP contribution in [0.25, 0.3) is 11.3 Å². The number of piperazine rings is 1. The lowest BCUT2D eigenvalue weighted by atomic mass is 9.99. The molecule has 0 radical (unpaired) electrons. The molecule has 2 aromatic carbocycles. The van der Waals surface area contributed by atoms with Crippen molar-refractivity contribution in [2.24, 2.45) is 7.05 Å². The van der Waals surface area contributed by atoms with Crippen LogP contribution in [0.4, 0.5) is 11.6 Å². The zero-order chi connectivity index (χ0) is 27.4. The fraction of sp³-hybridized carbons (Fsp3) is 0.345. The molecule has 1 atom stereocenters. The topological polar surface area (TPSA) is 94.4 Å². The quantitative estimate of drug-likeness (QED) is 0.299. The second-order valence-corrected chi connectivity index (χ2v) is 11.1. The average Bonchev–Trinajstić information content (AvgIpc) is 3.37. The van der Waals surface area contributed by atoms with Gasteiger partial charge < -0.3 is 19.1 Å². The molecule has 9 nitrogen and oxygen atoms in total. The summed E-state index contributed by atoms with van der Waals surface area (Å²) in [7, 11) is 3.94. The molecule has 5 rings (SSSR count). The lowest BCUT2D eigenvalue weighted by Crippen LogP contribution is -2.44. The van der Waals surface area contributed by atoms with Crippen LogP contribution >= 0.6 is 0 Å². The number of benzene rings is 2. The number of aromatic nitrogens is 4. The first-order valence-electron chi connectivity index (χ1n) is 13.3. The Morgan fingerprint density at radius 1 is 1.03 bits per heavy atom. The summed E-state index contributed by atoms with van der Waals surface area (Å²) in [6.07, 6.45) is 4.91. The van der Waals surface area contributed by atoms with E-state index in [4.69, 9.17) is 14.7 Å². The maximum atomic E-state index is 13.1. The van der Waals surface area contributed by atoms with Crippen LogP contribution in [0.3, 0.4) is 0 Å². The van der Waals surface area contributed by atoms with Gasteiger partial charge in [-0.2, -0.15) is 14.8 Å². The number of nitrogens with zero attached hydrogens (tertiary/aromatic N) is 6. The predicted octanol–water partition coefficient (Wildman–Crippen LogP) is 4.82. The van der Waals surface area contributed by atoms with Crippen LogP contribution in [0.1, 0.15) is 24.5 Å². The first-order valence-corrected chi connectivity index (χ1v) is 14.4. The highest BCUT2D eigenvalue weighted by atomic mass is 32.2. The maximum Gasteiger partial charge on any atom is 0.269 e. The minimum Gasteiger partial charge on any atom is -0.588 e. The van der Waals surface area contributed by atoms with Crippen LogP contribution in [-0.2, 0) is 24.8 Å². The molecule has 0 aliphatic carbocycles. The van der Waals surface area contributed by atoms with Crippen LogP contribution in [0.2, 0.25) is 0 Å². The monoisotopic (exact) mass is 545 g/mol. The van der Waals surface area contributed by atoms with Gasteiger partial charge in [0.05, 0.1) is 11.9 Å². The van der Waals surface area contributed by atoms with E-state index in [0.29, 0.717) is 16.5 Å². The standard InChI is InChI=1S/C29H35N7O2S/c1-5-9-26-27(25-13-7-6-10-21(25)2)31-29(33-39(37)24-19-30-35(4)20-24)32-28(26)38-23-12-8-11-22(18-23)36-16-14-34(3)15-17-36/h6-8,10-13,18-20H,5,9,14-17H2,1-4H3,(H,31,32,33). The molecule has 1 saturated heterocycles. The van der Waals surface area contributed by atoms with Crippen molar-refractivity contribution in [2.45, 2.75) is 31.6 Å². The van der Waals surface area contributed by atoms with Gasteiger partial charge in [0.2, 0.25) is 10.8 Å². The highest BCUT2D eigenvalue weighted by molar-refractivity contribution is 7.92. The Morgan fingerprint density at radius 3 is 2.54 bits per heavy atom. The summed E-state index contributed by atoms with van der Waals surface area (Å²) in [6, 6.07) is 16.3. The number of nitrogens with one attached hydrogen (secondary N) is 1. The van der Waals surface area contributed by atoms with Crippen molar-refractivity contribution in [3.63, 3.8) is 0 Å². The molecule has 2 aromatic heterocycles. The second kappa shape index (κ2) is 12.1. The molecule has 1 N–H and O–H groups in total. The maximum absolute atomic E-state index is 13.1. The molecule has 0 bridgehead atoms. The van der Waals surface area contributed by atoms with Crippen molar-refractivity contribution >= 4 is 23.0 Å². The van der Waals surface area contributed by atoms with Crippen LogP contribution in [0.15, 0.2) is 65.8 Å². The highest BCUT2D eigenvalue weighted by Crippen LogP contribution is 2.36. The number of ether oxygens (including phenoxy) is 1. The molecule has 0 spiro atoms. The van der Waals surface area contributed by atoms with Gasteiger partial charge in [-0.05, 0) is 38.1 Å². The first-order chi connectivity index (χ1) is 18.9. The highest BCUT2D eigenvalue weighted by Gasteiger charge is 2.23. The summed E-state index contributed by atoms with van der Waals surface area (Å²) in [4.78, 5) is 14.9. The summed E-state index contributed by atoms with van der Waals surface area (Å²) in [6.45, 7) is 8.19. The molecular formula is C29H35N7O2S. The zero-order valence-corrected chi connectivity index (χ0v) is 23.7. The van der Waals surface area contributed by atoms with Gasteiger partial charge in [-0.25, -0.2) is 4.98 Å². The van der Waals surface area contributed by atoms with Crippen LogP contribution in [-0.4, -0.2) is 62.4 Å². The van der Waals surface area contributed by atoms with Crippen molar-refractivity contribution in [3.8, 4) is 22.9 Å². The SMILES string of the molecule is CCCc1c(Oc2cccc(N3CCN(C)CC3)c2)nc(N[S+]([O-])c2cnn(C)c2)nc1-c1ccccc1C. The number of hydrogen-bond acceptors (Lipinski definition) is 8. The molecule has 0 amide bonds. The van der Waals surface area contributed by atoms with Gasteiger partial charge in [-0.15, -0.1) is 0 Å². The molecule has 1 unspecified atom stereocenters. The third kappa shape index (κ3) is 6.35. The third-order valence-electron chi connectivity index (χ3n) is 6.85. The molecule has 39 heavy (non-hydrogen) atoms. The predicted molar refractivity (Wildman–Crippen MR) is 156 cm³/mol. The molecular weight excluding hydrogens is 510 g/mol. The van der Waals surface area contributed by atoms with Crippen molar-refractivity contribution in [3.05, 3.63) is 72.1 Å². The molecule has 1 aliphatic rings. The summed E-state index contributed by atoms with van der Waals surface area (Å²) in [5, 5.41) is 4.13. The van der Waals surface area contributed by atoms with E-state index in [1.165, 1.54) is 0 Å². The fourth-order valence-corrected chi connectivity index (χ4v) is 5.45. The molecule has 10 heteroatoms. The first kappa shape index (κ1) is 27.0. The Morgan fingerprint density at radius 2 is 1.82 bits per heavy atom. The van der Waals surface area contributed by atoms with E-state index in [1.54, 1.807) is 24.1 Å². The Hall–Kier alpha value is -3.60. The van der Waals surface area contributed by atoms with Crippen molar-refractivity contribution in [1.29, 1.82) is 0 Å². The number of anilines is 2. The van der Waals surface area contributed by atoms with E-state index in [-0.39, 0.29) is 5.95 Å². The fourth-order valence-electron chi connectivity index (χ4n) is 4.69. The van der Waals surface area contributed by atoms with E-state index in [9.17, 15) is 4.55 Å². The van der Waals surface area contributed by atoms with Gasteiger partial charge in [0, 0.05) is 56.1 Å². The average molecular weight is 546 g/mol. The number of aryl methyl sites for hydroxylation is 2. The van der Waals surface area contributed by atoms with E-state index in [2.05, 4.69) is 64.8 Å². The molecule has 3 heterocycles. The van der Waals surface area contributed by atoms with Crippen molar-refractivity contribution < 1.29 is 9.29 Å². The molecule has 0 saturated carbocycles. The van der Waals surface area contributed by atoms with Crippen LogP contribution in [0, 0.1) is 6.92 Å². The van der Waals surface area contributed by atoms with Gasteiger partial charge in [0.25, 0.3) is 5.95 Å². The second-order valence-electron chi connectivity index (χ2n) is 9.85. The van der Waals surface area contributed by atoms with E-state index < -0.39 is 11.4 Å². The van der Waals surface area contributed by atoms with E-state index >= 15 is 0 Å². The zero-order valence-electron chi connectivity index (χ0n) is 22.9. The molecule has 204 valence electrons. The molecule has 1 aliphatic heterocycles. The van der Waals surface area contributed by atoms with Crippen molar-refractivity contribution in [2.75, 3.05) is 42.8 Å². The summed E-state index contributed by atoms with van der Waals surface area (Å²) in [5.41, 5.74) is 4.92. The Labute approximate surface area is 233 Å². The normalized spacial score (nSPS) is 14.8. The minimum absolute atomic E-state index is 0.237. The summed E-state index contributed by atoms with van der Waals surface area (Å²) in [5.74, 6) is 1.41. The van der Waals surface area contributed by atoms with E-state index in [0.717, 1.165) is 67.1 Å². The number of hydrogen-bond donors (Lipinski definition) is 1. The summed E-state index contributed by atoms with van der Waals surface area (Å²) < 4.78 is 24.2. The van der Waals surface area contributed by atoms with Gasteiger partial charge >= 0.3 is 0 Å². The Bertz CT molecular complexity index is 1420. The van der Waals surface area contributed by atoms with Gasteiger partial charge in [0.15, 0.2) is 0 Å². The van der Waals surface area contributed by atoms with Gasteiger partial charge in [-0.1, -0.05) is 43.7 Å². The number of rotatable bonds is 9. The Balaban J connectivity index is 1.54.